The predicted molar refractivity (Wildman–Crippen MR) is 89.8 cm³/mol. The lowest BCUT2D eigenvalue weighted by atomic mass is 10.3. The van der Waals surface area contributed by atoms with Crippen LogP contribution in [0.1, 0.15) is 0 Å². The average Bonchev–Trinajstić information content (AvgIpc) is 2.65. The summed E-state index contributed by atoms with van der Waals surface area (Å²) in [5.74, 6) is 0. The maximum absolute atomic E-state index is 12.2. The van der Waals surface area contributed by atoms with Crippen LogP contribution in [-0.2, 0) is 0 Å². The average molecular weight is 502 g/mol. The molecule has 1 aromatic carbocycles. The summed E-state index contributed by atoms with van der Waals surface area (Å²) in [5, 5.41) is 0. The van der Waals surface area contributed by atoms with E-state index in [9.17, 15) is 4.79 Å². The van der Waals surface area contributed by atoms with Crippen LogP contribution in [0.25, 0.3) is 23.4 Å². The third kappa shape index (κ3) is 1.83. The van der Waals surface area contributed by atoms with Gasteiger partial charge in [-0.3, -0.25) is 9.13 Å². The van der Waals surface area contributed by atoms with Crippen molar-refractivity contribution in [2.45, 2.75) is 0 Å². The highest BCUT2D eigenvalue weighted by molar-refractivity contribution is 9.15. The van der Waals surface area contributed by atoms with Crippen LogP contribution in [0.4, 0.5) is 0 Å². The molecule has 94 valence electrons. The Balaban J connectivity index is 3.26. The first kappa shape index (κ1) is 14.3. The Kier molecular flexibility index (Phi) is 4.06. The van der Waals surface area contributed by atoms with Crippen LogP contribution in [0.15, 0.2) is 35.8 Å². The Bertz CT molecular complexity index is 682. The highest BCUT2D eigenvalue weighted by atomic mass is 79.9. The lowest BCUT2D eigenvalue weighted by Gasteiger charge is -2.07. The minimum absolute atomic E-state index is 0.221. The van der Waals surface area contributed by atoms with Gasteiger partial charge >= 0.3 is 5.69 Å². The van der Waals surface area contributed by atoms with Crippen molar-refractivity contribution in [1.82, 2.24) is 9.13 Å². The Hall–Kier alpha value is -0.110. The van der Waals surface area contributed by atoms with E-state index >= 15 is 0 Å². The van der Waals surface area contributed by atoms with Crippen LogP contribution in [0, 0.1) is 0 Å². The van der Waals surface area contributed by atoms with Gasteiger partial charge in [0.2, 0.25) is 0 Å². The van der Waals surface area contributed by atoms with Gasteiger partial charge in [0.05, 0.1) is 20.0 Å². The largest absolute Gasteiger partial charge is 0.337 e. The zero-order valence-corrected chi connectivity index (χ0v) is 15.2. The van der Waals surface area contributed by atoms with E-state index in [0.717, 1.165) is 28.9 Å². The Morgan fingerprint density at radius 3 is 1.39 bits per heavy atom. The number of hydrogen-bond acceptors (Lipinski definition) is 1. The second kappa shape index (κ2) is 5.11. The molecule has 0 N–H and O–H groups in total. The van der Waals surface area contributed by atoms with E-state index in [0.29, 0.717) is 0 Å². The van der Waals surface area contributed by atoms with Crippen molar-refractivity contribution < 1.29 is 0 Å². The molecule has 3 nitrogen and oxygen atoms in total. The van der Waals surface area contributed by atoms with Gasteiger partial charge in [-0.25, -0.2) is 4.79 Å². The molecule has 0 atom stereocenters. The number of fused-ring (bicyclic) bond motifs is 1. The molecule has 0 aliphatic carbocycles. The molecule has 2 aromatic rings. The van der Waals surface area contributed by atoms with Crippen molar-refractivity contribution in [2.75, 3.05) is 0 Å². The number of halogens is 4. The van der Waals surface area contributed by atoms with Gasteiger partial charge in [0.1, 0.15) is 0 Å². The van der Waals surface area contributed by atoms with Crippen LogP contribution in [-0.4, -0.2) is 9.13 Å². The molecule has 0 saturated carbocycles. The highest BCUT2D eigenvalue weighted by Crippen LogP contribution is 2.43. The Morgan fingerprint density at radius 2 is 1.11 bits per heavy atom. The number of hydrogen-bond donors (Lipinski definition) is 0. The summed E-state index contributed by atoms with van der Waals surface area (Å²) in [5.41, 5.74) is 1.22. The molecule has 18 heavy (non-hydrogen) atoms. The summed E-state index contributed by atoms with van der Waals surface area (Å²) in [6.45, 7) is 7.33. The number of benzene rings is 1. The number of rotatable bonds is 2. The molecule has 0 spiro atoms. The van der Waals surface area contributed by atoms with E-state index < -0.39 is 0 Å². The summed E-state index contributed by atoms with van der Waals surface area (Å²) in [7, 11) is 0. The lowest BCUT2D eigenvalue weighted by Crippen LogP contribution is -2.17. The fourth-order valence-electron chi connectivity index (χ4n) is 1.69. The topological polar surface area (TPSA) is 26.9 Å². The first-order valence-electron chi connectivity index (χ1n) is 4.69. The van der Waals surface area contributed by atoms with E-state index in [1.165, 1.54) is 21.5 Å². The van der Waals surface area contributed by atoms with Crippen molar-refractivity contribution in [2.24, 2.45) is 0 Å². The molecular weight excluding hydrogens is 496 g/mol. The van der Waals surface area contributed by atoms with Crippen LogP contribution >= 0.6 is 63.7 Å². The molecule has 0 bridgehead atoms. The Morgan fingerprint density at radius 1 is 0.778 bits per heavy atom. The molecule has 0 aliphatic rings. The summed E-state index contributed by atoms with van der Waals surface area (Å²) < 4.78 is 6.10. The fraction of sp³-hybridized carbons (Fsp3) is 0. The highest BCUT2D eigenvalue weighted by Gasteiger charge is 2.21. The fourth-order valence-corrected chi connectivity index (χ4v) is 4.15. The van der Waals surface area contributed by atoms with Gasteiger partial charge in [-0.15, -0.1) is 0 Å². The summed E-state index contributed by atoms with van der Waals surface area (Å²) >= 11 is 13.9. The molecule has 1 heterocycles. The third-order valence-electron chi connectivity index (χ3n) is 2.48. The minimum atomic E-state index is -0.221. The van der Waals surface area contributed by atoms with Gasteiger partial charge in [0.25, 0.3) is 0 Å². The van der Waals surface area contributed by atoms with Crippen molar-refractivity contribution in [3.8, 4) is 0 Å². The summed E-state index contributed by atoms with van der Waals surface area (Å²) in [6, 6.07) is 0. The van der Waals surface area contributed by atoms with Gasteiger partial charge in [-0.05, 0) is 63.7 Å². The molecule has 0 unspecified atom stereocenters. The van der Waals surface area contributed by atoms with E-state index in [-0.39, 0.29) is 5.69 Å². The molecule has 7 heteroatoms. The molecule has 0 fully saturated rings. The van der Waals surface area contributed by atoms with Crippen LogP contribution in [0.3, 0.4) is 0 Å². The van der Waals surface area contributed by atoms with E-state index in [4.69, 9.17) is 0 Å². The van der Waals surface area contributed by atoms with Crippen molar-refractivity contribution in [3.63, 3.8) is 0 Å². The van der Waals surface area contributed by atoms with Gasteiger partial charge in [0.15, 0.2) is 0 Å². The molecular formula is C11H6Br4N2O. The van der Waals surface area contributed by atoms with E-state index in [1.54, 1.807) is 0 Å². The first-order chi connectivity index (χ1) is 8.45. The quantitative estimate of drug-likeness (QED) is 0.418. The third-order valence-corrected chi connectivity index (χ3v) is 7.20. The van der Waals surface area contributed by atoms with Gasteiger partial charge in [0, 0.05) is 21.3 Å². The molecule has 0 radical (unpaired) electrons. The van der Waals surface area contributed by atoms with Crippen molar-refractivity contribution >= 4 is 87.2 Å². The Labute approximate surface area is 137 Å². The molecule has 0 aliphatic heterocycles. The SMILES string of the molecule is C=Cn1c(=O)n(C=C)c2c(Br)c(Br)c(Br)c(Br)c21. The van der Waals surface area contributed by atoms with Gasteiger partial charge < -0.3 is 0 Å². The summed E-state index contributed by atoms with van der Waals surface area (Å²) in [6.07, 6.45) is 2.95. The van der Waals surface area contributed by atoms with Gasteiger partial charge in [-0.2, -0.15) is 0 Å². The standard InChI is InChI=1S/C11H6Br4N2O/c1-3-16-9-7(14)5(12)6(13)8(15)10(9)17(4-2)11(16)18/h3-4H,1-2H2. The lowest BCUT2D eigenvalue weighted by molar-refractivity contribution is 1.00. The van der Waals surface area contributed by atoms with E-state index in [2.05, 4.69) is 76.9 Å². The second-order valence-corrected chi connectivity index (χ2v) is 6.51. The molecule has 0 amide bonds. The normalized spacial score (nSPS) is 10.9. The minimum Gasteiger partial charge on any atom is -0.266 e. The molecule has 1 aromatic heterocycles. The van der Waals surface area contributed by atoms with Gasteiger partial charge in [-0.1, -0.05) is 13.2 Å². The van der Waals surface area contributed by atoms with Crippen molar-refractivity contribution in [3.05, 3.63) is 41.5 Å². The van der Waals surface area contributed by atoms with Crippen LogP contribution in [0.5, 0.6) is 0 Å². The zero-order valence-electron chi connectivity index (χ0n) is 8.88. The zero-order chi connectivity index (χ0) is 13.6. The smallest absolute Gasteiger partial charge is 0.266 e. The number of aromatic nitrogens is 2. The predicted octanol–water partition coefficient (Wildman–Crippen LogP) is 5.05. The second-order valence-electron chi connectivity index (χ2n) is 3.34. The maximum atomic E-state index is 12.2. The van der Waals surface area contributed by atoms with Crippen molar-refractivity contribution in [1.29, 1.82) is 0 Å². The monoisotopic (exact) mass is 498 g/mol. The van der Waals surface area contributed by atoms with E-state index in [1.807, 2.05) is 0 Å². The maximum Gasteiger partial charge on any atom is 0.337 e. The summed E-state index contributed by atoms with van der Waals surface area (Å²) in [4.78, 5) is 12.2. The van der Waals surface area contributed by atoms with Crippen LogP contribution in [0.2, 0.25) is 0 Å². The molecule has 2 rings (SSSR count). The first-order valence-corrected chi connectivity index (χ1v) is 7.86. The number of imidazole rings is 1. The van der Waals surface area contributed by atoms with Crippen LogP contribution < -0.4 is 5.69 Å². The molecule has 0 saturated heterocycles. The number of nitrogens with zero attached hydrogens (tertiary/aromatic N) is 2.